The second kappa shape index (κ2) is 7.94. The van der Waals surface area contributed by atoms with Crippen molar-refractivity contribution >= 4 is 11.6 Å². The number of hydrogen-bond donors (Lipinski definition) is 2. The van der Waals surface area contributed by atoms with Crippen LogP contribution in [0.5, 0.6) is 11.5 Å². The number of pyridine rings is 1. The Bertz CT molecular complexity index is 926. The predicted octanol–water partition coefficient (Wildman–Crippen LogP) is 2.98. The Hall–Kier alpha value is -3.67. The highest BCUT2D eigenvalue weighted by Gasteiger charge is 2.14. The molecule has 0 unspecified atom stereocenters. The summed E-state index contributed by atoms with van der Waals surface area (Å²) in [5.41, 5.74) is 4.39. The van der Waals surface area contributed by atoms with Gasteiger partial charge in [0.05, 0.1) is 7.11 Å². The molecule has 2 N–H and O–H groups in total. The summed E-state index contributed by atoms with van der Waals surface area (Å²) in [6.07, 6.45) is 1.53. The van der Waals surface area contributed by atoms with Gasteiger partial charge in [-0.2, -0.15) is 5.10 Å². The second-order valence-corrected chi connectivity index (χ2v) is 5.37. The third kappa shape index (κ3) is 3.87. The van der Waals surface area contributed by atoms with E-state index < -0.39 is 5.91 Å². The molecule has 2 aromatic carbocycles. The van der Waals surface area contributed by atoms with Crippen LogP contribution in [0.2, 0.25) is 0 Å². The van der Waals surface area contributed by atoms with Gasteiger partial charge in [0.25, 0.3) is 5.91 Å². The summed E-state index contributed by atoms with van der Waals surface area (Å²) in [5, 5.41) is 14.6. The number of phenolic OH excluding ortho intramolecular Hbond substituents is 1. The third-order valence-electron chi connectivity index (χ3n) is 3.67. The van der Waals surface area contributed by atoms with Gasteiger partial charge >= 0.3 is 0 Å². The monoisotopic (exact) mass is 347 g/mol. The summed E-state index contributed by atoms with van der Waals surface area (Å²) in [6.45, 7) is 0. The molecule has 1 heterocycles. The number of nitrogens with one attached hydrogen (secondary N) is 1. The molecule has 0 bridgehead atoms. The maximum atomic E-state index is 12.2. The molecule has 3 aromatic rings. The maximum Gasteiger partial charge on any atom is 0.289 e. The van der Waals surface area contributed by atoms with Crippen LogP contribution in [-0.2, 0) is 0 Å². The highest BCUT2D eigenvalue weighted by Crippen LogP contribution is 2.26. The van der Waals surface area contributed by atoms with Crippen molar-refractivity contribution in [2.75, 3.05) is 7.11 Å². The van der Waals surface area contributed by atoms with E-state index in [1.165, 1.54) is 19.4 Å². The Balaban J connectivity index is 1.98. The van der Waals surface area contributed by atoms with Gasteiger partial charge in [-0.1, -0.05) is 36.4 Å². The van der Waals surface area contributed by atoms with Crippen LogP contribution in [0, 0.1) is 0 Å². The molecule has 0 aliphatic rings. The lowest BCUT2D eigenvalue weighted by Crippen LogP contribution is -2.21. The lowest BCUT2D eigenvalue weighted by atomic mass is 10.0. The molecule has 0 spiro atoms. The highest BCUT2D eigenvalue weighted by molar-refractivity contribution is 6.14. The van der Waals surface area contributed by atoms with Crippen LogP contribution in [0.4, 0.5) is 0 Å². The normalized spacial score (nSPS) is 11.0. The van der Waals surface area contributed by atoms with Crippen molar-refractivity contribution in [3.8, 4) is 11.5 Å². The van der Waals surface area contributed by atoms with Gasteiger partial charge in [0.1, 0.15) is 22.9 Å². The zero-order valence-electron chi connectivity index (χ0n) is 14.1. The van der Waals surface area contributed by atoms with E-state index in [1.807, 2.05) is 30.3 Å². The summed E-state index contributed by atoms with van der Waals surface area (Å²) in [4.78, 5) is 16.2. The molecule has 0 atom stereocenters. The fraction of sp³-hybridized carbons (Fsp3) is 0.0500. The second-order valence-electron chi connectivity index (χ2n) is 5.37. The molecule has 0 saturated carbocycles. The van der Waals surface area contributed by atoms with Gasteiger partial charge in [0.2, 0.25) is 0 Å². The van der Waals surface area contributed by atoms with Gasteiger partial charge in [-0.15, -0.1) is 0 Å². The van der Waals surface area contributed by atoms with Crippen molar-refractivity contribution in [3.05, 3.63) is 89.7 Å². The van der Waals surface area contributed by atoms with E-state index in [2.05, 4.69) is 15.5 Å². The summed E-state index contributed by atoms with van der Waals surface area (Å²) in [6, 6.07) is 19.2. The summed E-state index contributed by atoms with van der Waals surface area (Å²) in [7, 11) is 1.52. The first kappa shape index (κ1) is 17.2. The van der Waals surface area contributed by atoms with E-state index in [0.29, 0.717) is 17.0 Å². The van der Waals surface area contributed by atoms with E-state index in [1.54, 1.807) is 30.3 Å². The average molecular weight is 347 g/mol. The van der Waals surface area contributed by atoms with Crippen LogP contribution in [0.15, 0.2) is 78.0 Å². The fourth-order valence-corrected chi connectivity index (χ4v) is 2.38. The van der Waals surface area contributed by atoms with Crippen LogP contribution in [0.1, 0.15) is 21.6 Å². The predicted molar refractivity (Wildman–Crippen MR) is 98.4 cm³/mol. The van der Waals surface area contributed by atoms with Crippen molar-refractivity contribution in [1.82, 2.24) is 10.4 Å². The lowest BCUT2D eigenvalue weighted by molar-refractivity contribution is 0.0950. The molecular weight excluding hydrogens is 330 g/mol. The van der Waals surface area contributed by atoms with Crippen molar-refractivity contribution in [2.45, 2.75) is 0 Å². The topological polar surface area (TPSA) is 83.8 Å². The molecule has 0 fully saturated rings. The van der Waals surface area contributed by atoms with E-state index in [-0.39, 0.29) is 11.4 Å². The summed E-state index contributed by atoms with van der Waals surface area (Å²) < 4.78 is 5.11. The Labute approximate surface area is 150 Å². The van der Waals surface area contributed by atoms with Crippen LogP contribution in [0.3, 0.4) is 0 Å². The molecule has 0 aliphatic heterocycles. The van der Waals surface area contributed by atoms with E-state index in [9.17, 15) is 9.90 Å². The zero-order chi connectivity index (χ0) is 18.4. The summed E-state index contributed by atoms with van der Waals surface area (Å²) in [5.74, 6) is 0.0854. The first-order valence-corrected chi connectivity index (χ1v) is 7.91. The molecule has 1 aromatic heterocycles. The van der Waals surface area contributed by atoms with Crippen LogP contribution < -0.4 is 10.2 Å². The van der Waals surface area contributed by atoms with Gasteiger partial charge in [-0.3, -0.25) is 9.78 Å². The maximum absolute atomic E-state index is 12.2. The van der Waals surface area contributed by atoms with Gasteiger partial charge in [0.15, 0.2) is 0 Å². The number of hydrazone groups is 1. The number of nitrogens with zero attached hydrogens (tertiary/aromatic N) is 2. The molecule has 0 saturated heterocycles. The van der Waals surface area contributed by atoms with Gasteiger partial charge in [-0.05, 0) is 24.3 Å². The van der Waals surface area contributed by atoms with Gasteiger partial charge in [0, 0.05) is 23.4 Å². The number of benzene rings is 2. The molecule has 3 rings (SSSR count). The molecule has 1 amide bonds. The van der Waals surface area contributed by atoms with Gasteiger partial charge < -0.3 is 9.84 Å². The molecular formula is C20H17N3O3. The van der Waals surface area contributed by atoms with Crippen LogP contribution in [0.25, 0.3) is 0 Å². The Morgan fingerprint density at radius 2 is 1.85 bits per heavy atom. The van der Waals surface area contributed by atoms with E-state index >= 15 is 0 Å². The number of carbonyl (C=O) groups is 1. The number of aromatic nitrogens is 1. The molecule has 6 heteroatoms. The minimum Gasteiger partial charge on any atom is -0.507 e. The molecule has 26 heavy (non-hydrogen) atoms. The zero-order valence-corrected chi connectivity index (χ0v) is 14.1. The van der Waals surface area contributed by atoms with E-state index in [0.717, 1.165) is 5.56 Å². The third-order valence-corrected chi connectivity index (χ3v) is 3.67. The Morgan fingerprint density at radius 1 is 1.08 bits per heavy atom. The van der Waals surface area contributed by atoms with Crippen molar-refractivity contribution in [2.24, 2.45) is 5.10 Å². The standard InChI is InChI=1S/C20H17N3O3/c1-26-15-10-11-16(18(24)13-15)19(14-7-3-2-4-8-14)22-23-20(25)17-9-5-6-12-21-17/h2-13,24H,1H3,(H,23,25). The number of carbonyl (C=O) groups excluding carboxylic acids is 1. The molecule has 0 aliphatic carbocycles. The Kier molecular flexibility index (Phi) is 5.24. The van der Waals surface area contributed by atoms with Crippen LogP contribution in [-0.4, -0.2) is 28.8 Å². The van der Waals surface area contributed by atoms with Gasteiger partial charge in [-0.25, -0.2) is 5.43 Å². The molecule has 0 radical (unpaired) electrons. The fourth-order valence-electron chi connectivity index (χ4n) is 2.38. The number of rotatable bonds is 5. The largest absolute Gasteiger partial charge is 0.507 e. The Morgan fingerprint density at radius 3 is 2.50 bits per heavy atom. The number of hydrogen-bond acceptors (Lipinski definition) is 5. The number of phenols is 1. The number of ether oxygens (including phenoxy) is 1. The minimum atomic E-state index is -0.438. The average Bonchev–Trinajstić information content (AvgIpc) is 2.70. The lowest BCUT2D eigenvalue weighted by Gasteiger charge is -2.11. The number of methoxy groups -OCH3 is 1. The van der Waals surface area contributed by atoms with Crippen molar-refractivity contribution < 1.29 is 14.6 Å². The van der Waals surface area contributed by atoms with Crippen molar-refractivity contribution in [3.63, 3.8) is 0 Å². The smallest absolute Gasteiger partial charge is 0.289 e. The number of amides is 1. The minimum absolute atomic E-state index is 0.000891. The SMILES string of the molecule is COc1ccc(C(=NNC(=O)c2ccccn2)c2ccccc2)c(O)c1. The quantitative estimate of drug-likeness (QED) is 0.549. The molecule has 6 nitrogen and oxygen atoms in total. The highest BCUT2D eigenvalue weighted by atomic mass is 16.5. The van der Waals surface area contributed by atoms with E-state index in [4.69, 9.17) is 4.74 Å². The molecule has 130 valence electrons. The number of aromatic hydroxyl groups is 1. The first-order valence-electron chi connectivity index (χ1n) is 7.91. The first-order chi connectivity index (χ1) is 12.7. The van der Waals surface area contributed by atoms with Crippen LogP contribution >= 0.6 is 0 Å². The summed E-state index contributed by atoms with van der Waals surface area (Å²) >= 11 is 0. The van der Waals surface area contributed by atoms with Crippen molar-refractivity contribution in [1.29, 1.82) is 0 Å².